The Labute approximate surface area is 149 Å². The molecule has 0 bridgehead atoms. The van der Waals surface area contributed by atoms with E-state index in [0.717, 1.165) is 11.3 Å². The molecule has 2 aromatic carbocycles. The van der Waals surface area contributed by atoms with Crippen LogP contribution in [0.3, 0.4) is 0 Å². The van der Waals surface area contributed by atoms with Crippen molar-refractivity contribution in [1.29, 1.82) is 0 Å². The molecule has 0 fully saturated rings. The van der Waals surface area contributed by atoms with Crippen LogP contribution in [-0.4, -0.2) is 9.97 Å². The lowest BCUT2D eigenvalue weighted by Gasteiger charge is -2.13. The molecule has 24 heavy (non-hydrogen) atoms. The highest BCUT2D eigenvalue weighted by Gasteiger charge is 2.09. The Bertz CT molecular complexity index is 854. The van der Waals surface area contributed by atoms with Crippen LogP contribution in [0, 0.1) is 0 Å². The molecule has 122 valence electrons. The Morgan fingerprint density at radius 2 is 1.75 bits per heavy atom. The molecule has 1 heterocycles. The predicted molar refractivity (Wildman–Crippen MR) is 100.0 cm³/mol. The first kappa shape index (κ1) is 16.4. The van der Waals surface area contributed by atoms with Gasteiger partial charge in [-0.1, -0.05) is 47.5 Å². The van der Waals surface area contributed by atoms with Crippen molar-refractivity contribution in [2.24, 2.45) is 0 Å². The van der Waals surface area contributed by atoms with Crippen molar-refractivity contribution in [2.75, 3.05) is 16.4 Å². The molecule has 0 spiro atoms. The van der Waals surface area contributed by atoms with Gasteiger partial charge in [-0.15, -0.1) is 0 Å². The van der Waals surface area contributed by atoms with Crippen LogP contribution in [-0.2, 0) is 6.54 Å². The number of hydrogen-bond acceptors (Lipinski definition) is 5. The van der Waals surface area contributed by atoms with Crippen LogP contribution in [0.25, 0.3) is 0 Å². The number of aromatic nitrogens is 2. The number of hydrogen-bond donors (Lipinski definition) is 3. The van der Waals surface area contributed by atoms with Crippen molar-refractivity contribution in [3.8, 4) is 0 Å². The molecule has 1 aromatic heterocycles. The summed E-state index contributed by atoms with van der Waals surface area (Å²) < 4.78 is 0. The number of nitrogens with zero attached hydrogens (tertiary/aromatic N) is 2. The number of rotatable bonds is 5. The van der Waals surface area contributed by atoms with Gasteiger partial charge in [0.25, 0.3) is 0 Å². The summed E-state index contributed by atoms with van der Waals surface area (Å²) in [5.74, 6) is 1.04. The number of halogens is 2. The summed E-state index contributed by atoms with van der Waals surface area (Å²) in [5.41, 5.74) is 8.33. The van der Waals surface area contributed by atoms with Crippen molar-refractivity contribution in [2.45, 2.75) is 6.54 Å². The number of nitrogens with two attached hydrogens (primary N) is 1. The lowest BCUT2D eigenvalue weighted by atomic mass is 10.2. The third-order valence-electron chi connectivity index (χ3n) is 3.38. The fourth-order valence-electron chi connectivity index (χ4n) is 2.16. The van der Waals surface area contributed by atoms with Crippen molar-refractivity contribution in [1.82, 2.24) is 9.97 Å². The van der Waals surface area contributed by atoms with Gasteiger partial charge in [-0.2, -0.15) is 0 Å². The van der Waals surface area contributed by atoms with Crippen LogP contribution in [0.4, 0.5) is 23.0 Å². The molecule has 0 atom stereocenters. The Morgan fingerprint density at radius 3 is 2.54 bits per heavy atom. The summed E-state index contributed by atoms with van der Waals surface area (Å²) in [6, 6.07) is 14.9. The fraction of sp³-hybridized carbons (Fsp3) is 0.0588. The van der Waals surface area contributed by atoms with Gasteiger partial charge in [0.05, 0.1) is 0 Å². The van der Waals surface area contributed by atoms with Gasteiger partial charge in [0.15, 0.2) is 11.6 Å². The second kappa shape index (κ2) is 7.38. The van der Waals surface area contributed by atoms with E-state index in [9.17, 15) is 0 Å². The molecule has 0 aliphatic rings. The molecule has 0 radical (unpaired) electrons. The Hall–Kier alpha value is -2.50. The van der Waals surface area contributed by atoms with Gasteiger partial charge in [0.2, 0.25) is 0 Å². The number of nitrogen functional groups attached to an aromatic ring is 1. The first-order valence-corrected chi connectivity index (χ1v) is 7.99. The van der Waals surface area contributed by atoms with Crippen molar-refractivity contribution >= 4 is 46.2 Å². The highest BCUT2D eigenvalue weighted by molar-refractivity contribution is 6.31. The zero-order valence-electron chi connectivity index (χ0n) is 12.6. The van der Waals surface area contributed by atoms with E-state index in [1.165, 1.54) is 6.33 Å². The summed E-state index contributed by atoms with van der Waals surface area (Å²) in [6.45, 7) is 0.511. The molecule has 3 aromatic rings. The topological polar surface area (TPSA) is 75.9 Å². The van der Waals surface area contributed by atoms with E-state index in [1.807, 2.05) is 36.4 Å². The van der Waals surface area contributed by atoms with E-state index in [0.29, 0.717) is 33.9 Å². The molecule has 0 saturated heterocycles. The number of anilines is 4. The maximum atomic E-state index is 6.16. The van der Waals surface area contributed by atoms with Crippen LogP contribution < -0.4 is 16.4 Å². The van der Waals surface area contributed by atoms with Crippen molar-refractivity contribution in [3.05, 3.63) is 70.5 Å². The Kier molecular flexibility index (Phi) is 5.03. The van der Waals surface area contributed by atoms with Crippen LogP contribution in [0.2, 0.25) is 10.0 Å². The lowest BCUT2D eigenvalue weighted by molar-refractivity contribution is 1.09. The molecule has 0 amide bonds. The summed E-state index contributed by atoms with van der Waals surface area (Å²) >= 11 is 12.1. The van der Waals surface area contributed by atoms with Gasteiger partial charge in [0, 0.05) is 22.3 Å². The molecule has 0 aliphatic carbocycles. The molecular weight excluding hydrogens is 345 g/mol. The molecular formula is C17H15Cl2N5. The molecule has 7 heteroatoms. The summed E-state index contributed by atoms with van der Waals surface area (Å²) in [4.78, 5) is 8.37. The Balaban J connectivity index is 1.77. The maximum Gasteiger partial charge on any atom is 0.159 e. The monoisotopic (exact) mass is 359 g/mol. The molecule has 4 N–H and O–H groups in total. The zero-order valence-corrected chi connectivity index (χ0v) is 14.1. The second-order valence-corrected chi connectivity index (χ2v) is 5.91. The van der Waals surface area contributed by atoms with E-state index in [2.05, 4.69) is 20.6 Å². The van der Waals surface area contributed by atoms with Gasteiger partial charge < -0.3 is 16.4 Å². The third-order valence-corrected chi connectivity index (χ3v) is 3.98. The van der Waals surface area contributed by atoms with Crippen LogP contribution in [0.5, 0.6) is 0 Å². The minimum absolute atomic E-state index is 0.421. The molecule has 5 nitrogen and oxygen atoms in total. The number of nitrogens with one attached hydrogen (secondary N) is 2. The average molecular weight is 360 g/mol. The predicted octanol–water partition coefficient (Wildman–Crippen LogP) is 4.72. The summed E-state index contributed by atoms with van der Waals surface area (Å²) in [6.07, 6.45) is 1.44. The number of benzene rings is 2. The summed E-state index contributed by atoms with van der Waals surface area (Å²) in [7, 11) is 0. The molecule has 3 rings (SSSR count). The van der Waals surface area contributed by atoms with Gasteiger partial charge in [-0.05, 0) is 29.8 Å². The fourth-order valence-corrected chi connectivity index (χ4v) is 2.55. The smallest absolute Gasteiger partial charge is 0.159 e. The normalized spacial score (nSPS) is 10.4. The Morgan fingerprint density at radius 1 is 0.958 bits per heavy atom. The average Bonchev–Trinajstić information content (AvgIpc) is 2.57. The third kappa shape index (κ3) is 3.88. The second-order valence-electron chi connectivity index (χ2n) is 5.06. The van der Waals surface area contributed by atoms with E-state index >= 15 is 0 Å². The van der Waals surface area contributed by atoms with Gasteiger partial charge in [0.1, 0.15) is 12.0 Å². The van der Waals surface area contributed by atoms with Crippen LogP contribution in [0.15, 0.2) is 54.9 Å². The first-order chi connectivity index (χ1) is 11.6. The van der Waals surface area contributed by atoms with E-state index in [-0.39, 0.29) is 0 Å². The lowest BCUT2D eigenvalue weighted by Crippen LogP contribution is -2.08. The van der Waals surface area contributed by atoms with Crippen LogP contribution in [0.1, 0.15) is 5.56 Å². The van der Waals surface area contributed by atoms with Crippen molar-refractivity contribution < 1.29 is 0 Å². The highest BCUT2D eigenvalue weighted by atomic mass is 35.5. The van der Waals surface area contributed by atoms with Gasteiger partial charge in [-0.25, -0.2) is 9.97 Å². The van der Waals surface area contributed by atoms with Crippen molar-refractivity contribution in [3.63, 3.8) is 0 Å². The highest BCUT2D eigenvalue weighted by Crippen LogP contribution is 2.27. The standard InChI is InChI=1S/C17H15Cl2N5/c18-12-5-3-6-13(8-12)24-17-15(20)16(22-10-23-17)21-9-11-4-1-2-7-14(11)19/h1-8,10H,9,20H2,(H2,21,22,23,24). The van der Waals surface area contributed by atoms with Gasteiger partial charge >= 0.3 is 0 Å². The van der Waals surface area contributed by atoms with E-state index in [4.69, 9.17) is 28.9 Å². The SMILES string of the molecule is Nc1c(NCc2ccccc2Cl)ncnc1Nc1cccc(Cl)c1. The summed E-state index contributed by atoms with van der Waals surface area (Å²) in [5, 5.41) is 7.64. The largest absolute Gasteiger partial charge is 0.393 e. The molecule has 0 unspecified atom stereocenters. The van der Waals surface area contributed by atoms with Crippen LogP contribution >= 0.6 is 23.2 Å². The maximum absolute atomic E-state index is 6.16. The quantitative estimate of drug-likeness (QED) is 0.614. The molecule has 0 aliphatic heterocycles. The van der Waals surface area contributed by atoms with E-state index in [1.54, 1.807) is 12.1 Å². The van der Waals surface area contributed by atoms with Gasteiger partial charge in [-0.3, -0.25) is 0 Å². The molecule has 0 saturated carbocycles. The van der Waals surface area contributed by atoms with E-state index < -0.39 is 0 Å². The zero-order chi connectivity index (χ0) is 16.9. The minimum Gasteiger partial charge on any atom is -0.393 e. The minimum atomic E-state index is 0.421. The first-order valence-electron chi connectivity index (χ1n) is 7.24.